The van der Waals surface area contributed by atoms with Crippen molar-refractivity contribution in [1.29, 1.82) is 0 Å². The Morgan fingerprint density at radius 2 is 1.74 bits per heavy atom. The van der Waals surface area contributed by atoms with Gasteiger partial charge in [-0.3, -0.25) is 0 Å². The predicted octanol–water partition coefficient (Wildman–Crippen LogP) is 4.10. The monoisotopic (exact) mass is 330 g/mol. The minimum atomic E-state index is -4.93. The van der Waals surface area contributed by atoms with Crippen LogP contribution >= 0.6 is 0 Å². The van der Waals surface area contributed by atoms with Gasteiger partial charge in [0.1, 0.15) is 5.75 Å². The number of alkyl halides is 3. The molecule has 0 atom stereocenters. The van der Waals surface area contributed by atoms with Crippen molar-refractivity contribution in [2.24, 2.45) is 0 Å². The van der Waals surface area contributed by atoms with Gasteiger partial charge in [-0.05, 0) is 24.3 Å². The van der Waals surface area contributed by atoms with Gasteiger partial charge in [0.2, 0.25) is 5.75 Å². The molecule has 0 bridgehead atoms. The van der Waals surface area contributed by atoms with Crippen LogP contribution < -0.4 is 9.47 Å². The fourth-order valence-electron chi connectivity index (χ4n) is 1.71. The summed E-state index contributed by atoms with van der Waals surface area (Å²) in [5, 5.41) is 8.57. The average Bonchev–Trinajstić information content (AvgIpc) is 2.47. The van der Waals surface area contributed by atoms with E-state index in [-0.39, 0.29) is 5.75 Å². The summed E-state index contributed by atoms with van der Waals surface area (Å²) in [6.07, 6.45) is -4.93. The lowest BCUT2D eigenvalue weighted by Crippen LogP contribution is -2.13. The Hall–Kier alpha value is -2.77. The second-order valence-electron chi connectivity index (χ2n) is 4.35. The third-order valence-electron chi connectivity index (χ3n) is 2.68. The fourth-order valence-corrected chi connectivity index (χ4v) is 1.71. The number of benzene rings is 2. The highest BCUT2D eigenvalue weighted by atomic mass is 19.4. The van der Waals surface area contributed by atoms with E-state index in [4.69, 9.17) is 14.6 Å². The zero-order valence-corrected chi connectivity index (χ0v) is 11.4. The smallest absolute Gasteiger partial charge is 0.419 e. The first-order chi connectivity index (χ1) is 10.8. The van der Waals surface area contributed by atoms with Crippen LogP contribution in [0.1, 0.15) is 5.56 Å². The quantitative estimate of drug-likeness (QED) is 0.839. The lowest BCUT2D eigenvalue weighted by Gasteiger charge is -2.16. The summed E-state index contributed by atoms with van der Waals surface area (Å²) in [6.45, 7) is -0.851. The van der Waals surface area contributed by atoms with E-state index in [2.05, 4.69) is 0 Å². The average molecular weight is 330 g/mol. The maximum atomic E-state index is 14.2. The SMILES string of the molecule is O=C(O)COc1ccc(C(F)(F)F)c(F)c1Oc1ccccc1. The number of carboxylic acids is 1. The van der Waals surface area contributed by atoms with Crippen LogP contribution in [0, 0.1) is 5.82 Å². The maximum Gasteiger partial charge on any atom is 0.419 e. The van der Waals surface area contributed by atoms with Crippen LogP contribution in [-0.4, -0.2) is 17.7 Å². The Morgan fingerprint density at radius 1 is 1.09 bits per heavy atom. The van der Waals surface area contributed by atoms with Crippen molar-refractivity contribution in [3.8, 4) is 17.2 Å². The number of aliphatic carboxylic acids is 1. The first kappa shape index (κ1) is 16.6. The second-order valence-corrected chi connectivity index (χ2v) is 4.35. The number of hydrogen-bond acceptors (Lipinski definition) is 3. The molecule has 0 spiro atoms. The van der Waals surface area contributed by atoms with Gasteiger partial charge in [0, 0.05) is 0 Å². The normalized spacial score (nSPS) is 11.1. The molecule has 0 aromatic heterocycles. The highest BCUT2D eigenvalue weighted by Crippen LogP contribution is 2.41. The van der Waals surface area contributed by atoms with Gasteiger partial charge in [-0.1, -0.05) is 18.2 Å². The van der Waals surface area contributed by atoms with Gasteiger partial charge in [-0.2, -0.15) is 13.2 Å². The standard InChI is InChI=1S/C15H10F4O4/c16-13-10(15(17,18)19)6-7-11(22-8-12(20)21)14(13)23-9-4-2-1-3-5-9/h1-7H,8H2,(H,20,21). The molecule has 0 fully saturated rings. The molecule has 122 valence electrons. The lowest BCUT2D eigenvalue weighted by atomic mass is 10.1. The second kappa shape index (κ2) is 6.55. The molecule has 4 nitrogen and oxygen atoms in total. The zero-order chi connectivity index (χ0) is 17.0. The molecule has 1 N–H and O–H groups in total. The summed E-state index contributed by atoms with van der Waals surface area (Å²) in [4.78, 5) is 10.5. The first-order valence-electron chi connectivity index (χ1n) is 6.26. The van der Waals surface area contributed by atoms with Crippen LogP contribution in [0.3, 0.4) is 0 Å². The molecule has 0 saturated carbocycles. The van der Waals surface area contributed by atoms with Crippen LogP contribution in [0.15, 0.2) is 42.5 Å². The first-order valence-corrected chi connectivity index (χ1v) is 6.26. The lowest BCUT2D eigenvalue weighted by molar-refractivity contribution is -0.141. The molecule has 8 heteroatoms. The number of rotatable bonds is 5. The van der Waals surface area contributed by atoms with Crippen LogP contribution in [0.2, 0.25) is 0 Å². The van der Waals surface area contributed by atoms with Gasteiger partial charge in [0.05, 0.1) is 5.56 Å². The fraction of sp³-hybridized carbons (Fsp3) is 0.133. The number of carboxylic acid groups (broad SMARTS) is 1. The Kier molecular flexibility index (Phi) is 4.73. The Morgan fingerprint density at radius 3 is 2.30 bits per heavy atom. The molecule has 0 unspecified atom stereocenters. The number of hydrogen-bond donors (Lipinski definition) is 1. The summed E-state index contributed by atoms with van der Waals surface area (Å²) >= 11 is 0. The van der Waals surface area contributed by atoms with E-state index < -0.39 is 41.6 Å². The van der Waals surface area contributed by atoms with Crippen molar-refractivity contribution in [3.05, 3.63) is 53.8 Å². The topological polar surface area (TPSA) is 55.8 Å². The van der Waals surface area contributed by atoms with Crippen molar-refractivity contribution >= 4 is 5.97 Å². The van der Waals surface area contributed by atoms with Gasteiger partial charge in [-0.25, -0.2) is 9.18 Å². The van der Waals surface area contributed by atoms with Crippen molar-refractivity contribution in [1.82, 2.24) is 0 Å². The van der Waals surface area contributed by atoms with E-state index in [1.54, 1.807) is 18.2 Å². The summed E-state index contributed by atoms with van der Waals surface area (Å²) in [6, 6.07) is 8.80. The molecule has 0 aliphatic carbocycles. The zero-order valence-electron chi connectivity index (χ0n) is 11.4. The van der Waals surface area contributed by atoms with Crippen molar-refractivity contribution in [2.75, 3.05) is 6.61 Å². The number of ether oxygens (including phenoxy) is 2. The number of carbonyl (C=O) groups is 1. The predicted molar refractivity (Wildman–Crippen MR) is 71.0 cm³/mol. The molecule has 0 heterocycles. The van der Waals surface area contributed by atoms with Crippen molar-refractivity contribution < 1.29 is 36.9 Å². The highest BCUT2D eigenvalue weighted by molar-refractivity contribution is 5.68. The summed E-state index contributed by atoms with van der Waals surface area (Å²) in [5.74, 6) is -4.24. The summed E-state index contributed by atoms with van der Waals surface area (Å²) < 4.78 is 62.4. The van der Waals surface area contributed by atoms with E-state index in [0.29, 0.717) is 6.07 Å². The van der Waals surface area contributed by atoms with Gasteiger partial charge >= 0.3 is 12.1 Å². The van der Waals surface area contributed by atoms with E-state index in [9.17, 15) is 22.4 Å². The number of halogens is 4. The molecule has 0 aliphatic heterocycles. The molecule has 0 saturated heterocycles. The van der Waals surface area contributed by atoms with Crippen molar-refractivity contribution in [2.45, 2.75) is 6.18 Å². The molecule has 0 radical (unpaired) electrons. The summed E-state index contributed by atoms with van der Waals surface area (Å²) in [5.41, 5.74) is -1.54. The van der Waals surface area contributed by atoms with Crippen LogP contribution in [0.4, 0.5) is 17.6 Å². The molecule has 2 aromatic carbocycles. The van der Waals surface area contributed by atoms with E-state index in [1.807, 2.05) is 0 Å². The molecule has 0 aliphatic rings. The number of para-hydroxylation sites is 1. The molecule has 2 rings (SSSR count). The summed E-state index contributed by atoms with van der Waals surface area (Å²) in [7, 11) is 0. The van der Waals surface area contributed by atoms with E-state index in [1.165, 1.54) is 12.1 Å². The molecular weight excluding hydrogens is 320 g/mol. The molecule has 0 amide bonds. The Balaban J connectivity index is 2.46. The third-order valence-corrected chi connectivity index (χ3v) is 2.68. The highest BCUT2D eigenvalue weighted by Gasteiger charge is 2.36. The third kappa shape index (κ3) is 4.12. The Bertz CT molecular complexity index is 699. The van der Waals surface area contributed by atoms with Crippen LogP contribution in [-0.2, 0) is 11.0 Å². The Labute approximate surface area is 127 Å². The van der Waals surface area contributed by atoms with Gasteiger partial charge in [0.25, 0.3) is 0 Å². The molecule has 2 aromatic rings. The van der Waals surface area contributed by atoms with Gasteiger partial charge in [0.15, 0.2) is 18.2 Å². The minimum absolute atomic E-state index is 0.0749. The van der Waals surface area contributed by atoms with Crippen molar-refractivity contribution in [3.63, 3.8) is 0 Å². The molecular formula is C15H10F4O4. The molecule has 23 heavy (non-hydrogen) atoms. The van der Waals surface area contributed by atoms with Crippen LogP contribution in [0.5, 0.6) is 17.2 Å². The van der Waals surface area contributed by atoms with Crippen LogP contribution in [0.25, 0.3) is 0 Å². The van der Waals surface area contributed by atoms with E-state index >= 15 is 0 Å². The minimum Gasteiger partial charge on any atom is -0.479 e. The van der Waals surface area contributed by atoms with E-state index in [0.717, 1.165) is 6.07 Å². The largest absolute Gasteiger partial charge is 0.479 e. The maximum absolute atomic E-state index is 14.2. The van der Waals surface area contributed by atoms with Gasteiger partial charge < -0.3 is 14.6 Å². The van der Waals surface area contributed by atoms with Gasteiger partial charge in [-0.15, -0.1) is 0 Å².